The Kier molecular flexibility index (Phi) is 5.43. The van der Waals surface area contributed by atoms with Gasteiger partial charge in [0.05, 0.1) is 0 Å². The first-order valence-electron chi connectivity index (χ1n) is 4.52. The highest BCUT2D eigenvalue weighted by atomic mass is 14.7. The number of allylic oxidation sites excluding steroid dienone is 1. The van der Waals surface area contributed by atoms with E-state index in [0.717, 1.165) is 12.0 Å². The molecule has 0 saturated carbocycles. The fourth-order valence-electron chi connectivity index (χ4n) is 0.672. The summed E-state index contributed by atoms with van der Waals surface area (Å²) in [6.45, 7) is 8.34. The zero-order valence-corrected chi connectivity index (χ0v) is 8.46. The van der Waals surface area contributed by atoms with Crippen LogP contribution in [-0.4, -0.2) is 12.3 Å². The zero-order valence-electron chi connectivity index (χ0n) is 8.46. The molecule has 0 fully saturated rings. The Morgan fingerprint density at radius 3 is 2.33 bits per heavy atom. The van der Waals surface area contributed by atoms with Gasteiger partial charge >= 0.3 is 0 Å². The van der Waals surface area contributed by atoms with Crippen LogP contribution in [0.15, 0.2) is 16.8 Å². The van der Waals surface area contributed by atoms with Gasteiger partial charge in [0.25, 0.3) is 0 Å². The van der Waals surface area contributed by atoms with E-state index in [2.05, 4.69) is 32.7 Å². The van der Waals surface area contributed by atoms with Gasteiger partial charge in [0.15, 0.2) is 0 Å². The molecule has 0 aromatic carbocycles. The van der Waals surface area contributed by atoms with Gasteiger partial charge in [-0.2, -0.15) is 6.20 Å². The van der Waals surface area contributed by atoms with Crippen LogP contribution in [0.3, 0.4) is 0 Å². The average molecular weight is 167 g/mol. The van der Waals surface area contributed by atoms with Gasteiger partial charge in [-0.1, -0.05) is 20.8 Å². The molecule has 12 heavy (non-hydrogen) atoms. The van der Waals surface area contributed by atoms with Crippen molar-refractivity contribution >= 4 is 6.21 Å². The van der Waals surface area contributed by atoms with Crippen molar-refractivity contribution in [3.05, 3.63) is 17.5 Å². The molecule has 0 saturated heterocycles. The Labute approximate surface area is 75.6 Å². The van der Waals surface area contributed by atoms with Gasteiger partial charge in [-0.15, -0.1) is 0 Å². The third kappa shape index (κ3) is 4.16. The summed E-state index contributed by atoms with van der Waals surface area (Å²) in [7, 11) is 0. The Bertz CT molecular complexity index is 169. The van der Waals surface area contributed by atoms with Gasteiger partial charge in [-0.05, 0) is 24.8 Å². The Morgan fingerprint density at radius 1 is 1.42 bits per heavy atom. The number of nitrogens with one attached hydrogen (secondary N) is 1. The van der Waals surface area contributed by atoms with Crippen molar-refractivity contribution in [2.75, 3.05) is 0 Å². The van der Waals surface area contributed by atoms with E-state index in [1.54, 1.807) is 0 Å². The van der Waals surface area contributed by atoms with Crippen LogP contribution in [0.2, 0.25) is 0 Å². The summed E-state index contributed by atoms with van der Waals surface area (Å²) in [5, 5.41) is 0. The number of rotatable bonds is 4. The Morgan fingerprint density at radius 2 is 2.00 bits per heavy atom. The maximum absolute atomic E-state index is 7.14. The van der Waals surface area contributed by atoms with E-state index in [1.807, 2.05) is 6.21 Å². The maximum Gasteiger partial charge on any atom is 0.0468 e. The third-order valence-corrected chi connectivity index (χ3v) is 1.90. The van der Waals surface area contributed by atoms with Gasteiger partial charge in [-0.3, -0.25) is 4.99 Å². The number of aliphatic imine (C=N–C) groups is 1. The Balaban J connectivity index is 4.12. The molecule has 2 nitrogen and oxygen atoms in total. The smallest absolute Gasteiger partial charge is 0.0468 e. The summed E-state index contributed by atoms with van der Waals surface area (Å²) in [5.41, 5.74) is 8.13. The van der Waals surface area contributed by atoms with Crippen molar-refractivity contribution in [1.82, 2.24) is 0 Å². The van der Waals surface area contributed by atoms with Crippen LogP contribution < -0.4 is 0 Å². The second kappa shape index (κ2) is 5.81. The predicted molar refractivity (Wildman–Crippen MR) is 55.5 cm³/mol. The van der Waals surface area contributed by atoms with Gasteiger partial charge in [-0.25, -0.2) is 0 Å². The Hall–Kier alpha value is -0.790. The SMILES string of the molecule is CCC(C)N=C/C(=C\[NH-])C(C)C. The second-order valence-corrected chi connectivity index (χ2v) is 3.33. The number of hydrogen-bond donors (Lipinski definition) is 0. The van der Waals surface area contributed by atoms with E-state index in [9.17, 15) is 0 Å². The van der Waals surface area contributed by atoms with E-state index >= 15 is 0 Å². The lowest BCUT2D eigenvalue weighted by Gasteiger charge is -2.08. The van der Waals surface area contributed by atoms with Crippen molar-refractivity contribution in [2.45, 2.75) is 40.2 Å². The molecule has 0 aromatic rings. The van der Waals surface area contributed by atoms with Crippen LogP contribution in [0, 0.1) is 5.92 Å². The summed E-state index contributed by atoms with van der Waals surface area (Å²) < 4.78 is 0. The van der Waals surface area contributed by atoms with Gasteiger partial charge in [0.2, 0.25) is 0 Å². The summed E-state index contributed by atoms with van der Waals surface area (Å²) in [4.78, 5) is 4.32. The molecule has 0 rings (SSSR count). The summed E-state index contributed by atoms with van der Waals surface area (Å²) >= 11 is 0. The first-order chi connectivity index (χ1) is 5.61. The maximum atomic E-state index is 7.14. The van der Waals surface area contributed by atoms with Gasteiger partial charge in [0.1, 0.15) is 0 Å². The monoisotopic (exact) mass is 167 g/mol. The van der Waals surface area contributed by atoms with Crippen LogP contribution in [0.4, 0.5) is 0 Å². The van der Waals surface area contributed by atoms with Crippen LogP contribution in [0.1, 0.15) is 34.1 Å². The van der Waals surface area contributed by atoms with Crippen LogP contribution in [0.25, 0.3) is 5.73 Å². The van der Waals surface area contributed by atoms with Crippen molar-refractivity contribution in [1.29, 1.82) is 0 Å². The van der Waals surface area contributed by atoms with Crippen LogP contribution in [0.5, 0.6) is 0 Å². The molecule has 0 bridgehead atoms. The summed E-state index contributed by atoms with van der Waals surface area (Å²) in [6.07, 6.45) is 4.27. The van der Waals surface area contributed by atoms with Gasteiger partial charge in [0, 0.05) is 12.3 Å². The summed E-state index contributed by atoms with van der Waals surface area (Å²) in [5.74, 6) is 0.398. The molecular weight excluding hydrogens is 148 g/mol. The topological polar surface area (TPSA) is 36.2 Å². The molecule has 0 heterocycles. The molecule has 1 atom stereocenters. The molecule has 0 aliphatic carbocycles. The van der Waals surface area contributed by atoms with E-state index in [0.29, 0.717) is 12.0 Å². The second-order valence-electron chi connectivity index (χ2n) is 3.33. The lowest BCUT2D eigenvalue weighted by molar-refractivity contribution is 0.716. The number of nitrogens with zero attached hydrogens (tertiary/aromatic N) is 1. The first-order valence-corrected chi connectivity index (χ1v) is 4.52. The largest absolute Gasteiger partial charge is 0.705 e. The quantitative estimate of drug-likeness (QED) is 0.575. The standard InChI is InChI=1S/C10H19N2/c1-5-9(4)12-7-10(6-11)8(2)3/h6-9,11H,5H2,1-4H3/q-1/b10-6+,12-7?. The van der Waals surface area contributed by atoms with Crippen LogP contribution in [-0.2, 0) is 0 Å². The molecule has 2 heteroatoms. The lowest BCUT2D eigenvalue weighted by Crippen LogP contribution is -1.99. The summed E-state index contributed by atoms with van der Waals surface area (Å²) in [6, 6.07) is 0.374. The lowest BCUT2D eigenvalue weighted by atomic mass is 10.1. The molecule has 0 amide bonds. The molecule has 70 valence electrons. The average Bonchev–Trinajstić information content (AvgIpc) is 2.04. The van der Waals surface area contributed by atoms with E-state index in [1.165, 1.54) is 6.20 Å². The highest BCUT2D eigenvalue weighted by Crippen LogP contribution is 2.07. The molecule has 0 radical (unpaired) electrons. The molecule has 0 aliphatic heterocycles. The highest BCUT2D eigenvalue weighted by Gasteiger charge is 1.97. The van der Waals surface area contributed by atoms with Crippen molar-refractivity contribution < 1.29 is 0 Å². The van der Waals surface area contributed by atoms with E-state index < -0.39 is 0 Å². The molecule has 0 aromatic heterocycles. The van der Waals surface area contributed by atoms with E-state index in [4.69, 9.17) is 5.73 Å². The van der Waals surface area contributed by atoms with Crippen LogP contribution >= 0.6 is 0 Å². The third-order valence-electron chi connectivity index (χ3n) is 1.90. The zero-order chi connectivity index (χ0) is 9.56. The normalized spacial score (nSPS) is 15.9. The minimum absolute atomic E-state index is 0.374. The highest BCUT2D eigenvalue weighted by molar-refractivity contribution is 5.79. The molecule has 1 N–H and O–H groups in total. The molecule has 0 spiro atoms. The first kappa shape index (κ1) is 11.2. The van der Waals surface area contributed by atoms with Gasteiger partial charge < -0.3 is 5.73 Å². The molecular formula is C10H19N2-. The number of hydrogen-bond acceptors (Lipinski definition) is 1. The predicted octanol–water partition coefficient (Wildman–Crippen LogP) is 3.45. The van der Waals surface area contributed by atoms with Crippen molar-refractivity contribution in [3.8, 4) is 0 Å². The fraction of sp³-hybridized carbons (Fsp3) is 0.700. The molecule has 1 unspecified atom stereocenters. The van der Waals surface area contributed by atoms with E-state index in [-0.39, 0.29) is 0 Å². The van der Waals surface area contributed by atoms with Crippen molar-refractivity contribution in [2.24, 2.45) is 10.9 Å². The minimum atomic E-state index is 0.374. The fourth-order valence-corrected chi connectivity index (χ4v) is 0.672. The van der Waals surface area contributed by atoms with Crippen molar-refractivity contribution in [3.63, 3.8) is 0 Å². The molecule has 0 aliphatic rings. The minimum Gasteiger partial charge on any atom is -0.705 e.